The summed E-state index contributed by atoms with van der Waals surface area (Å²) in [6, 6.07) is 0.523. The van der Waals surface area contributed by atoms with E-state index in [0.29, 0.717) is 6.04 Å². The summed E-state index contributed by atoms with van der Waals surface area (Å²) in [5.41, 5.74) is 5.89. The number of guanidine groups is 1. The molecule has 0 aromatic heterocycles. The minimum absolute atomic E-state index is 0.523. The van der Waals surface area contributed by atoms with Crippen LogP contribution >= 0.6 is 0 Å². The first-order chi connectivity index (χ1) is 6.36. The van der Waals surface area contributed by atoms with Crippen LogP contribution < -0.4 is 5.73 Å². The zero-order chi connectivity index (χ0) is 9.10. The van der Waals surface area contributed by atoms with Gasteiger partial charge in [0.2, 0.25) is 0 Å². The normalized spacial score (nSPS) is 25.8. The summed E-state index contributed by atoms with van der Waals surface area (Å²) in [4.78, 5) is 6.75. The van der Waals surface area contributed by atoms with E-state index in [9.17, 15) is 0 Å². The van der Waals surface area contributed by atoms with E-state index >= 15 is 0 Å². The molecule has 0 unspecified atom stereocenters. The molecule has 2 rings (SSSR count). The molecule has 1 heterocycles. The number of nitrogens with zero attached hydrogens (tertiary/aromatic N) is 2. The van der Waals surface area contributed by atoms with Crippen molar-refractivity contribution >= 4 is 5.96 Å². The van der Waals surface area contributed by atoms with Crippen molar-refractivity contribution in [2.45, 2.75) is 44.6 Å². The molecular weight excluding hydrogens is 162 g/mol. The van der Waals surface area contributed by atoms with Gasteiger partial charge >= 0.3 is 0 Å². The molecule has 1 saturated carbocycles. The fourth-order valence-electron chi connectivity index (χ4n) is 2.02. The lowest BCUT2D eigenvalue weighted by atomic mass is 9.96. The quantitative estimate of drug-likeness (QED) is 0.490. The SMILES string of the molecule is NC(=NC1CCCCC1)N1CCC1. The van der Waals surface area contributed by atoms with E-state index in [2.05, 4.69) is 9.89 Å². The van der Waals surface area contributed by atoms with Crippen molar-refractivity contribution in [1.29, 1.82) is 0 Å². The predicted molar refractivity (Wildman–Crippen MR) is 54.7 cm³/mol. The van der Waals surface area contributed by atoms with Crippen LogP contribution in [0.3, 0.4) is 0 Å². The number of rotatable bonds is 1. The highest BCUT2D eigenvalue weighted by atomic mass is 15.3. The van der Waals surface area contributed by atoms with Crippen LogP contribution in [-0.2, 0) is 0 Å². The molecule has 0 spiro atoms. The van der Waals surface area contributed by atoms with Gasteiger partial charge in [0.05, 0.1) is 6.04 Å². The van der Waals surface area contributed by atoms with Crippen LogP contribution in [0.15, 0.2) is 4.99 Å². The maximum atomic E-state index is 5.89. The molecule has 2 aliphatic rings. The molecule has 0 atom stereocenters. The van der Waals surface area contributed by atoms with Crippen molar-refractivity contribution in [3.8, 4) is 0 Å². The monoisotopic (exact) mass is 181 g/mol. The number of nitrogens with two attached hydrogens (primary N) is 1. The summed E-state index contributed by atoms with van der Waals surface area (Å²) >= 11 is 0. The van der Waals surface area contributed by atoms with E-state index in [1.807, 2.05) is 0 Å². The second-order valence-electron chi connectivity index (χ2n) is 4.12. The molecule has 1 saturated heterocycles. The van der Waals surface area contributed by atoms with E-state index in [1.165, 1.54) is 38.5 Å². The molecule has 1 aliphatic heterocycles. The molecule has 74 valence electrons. The Kier molecular flexibility index (Phi) is 2.71. The molecule has 13 heavy (non-hydrogen) atoms. The summed E-state index contributed by atoms with van der Waals surface area (Å²) in [6.07, 6.45) is 7.82. The van der Waals surface area contributed by atoms with Gasteiger partial charge in [0.15, 0.2) is 5.96 Å². The lowest BCUT2D eigenvalue weighted by Crippen LogP contribution is -2.47. The van der Waals surface area contributed by atoms with Crippen molar-refractivity contribution in [3.63, 3.8) is 0 Å². The fraction of sp³-hybridized carbons (Fsp3) is 0.900. The lowest BCUT2D eigenvalue weighted by Gasteiger charge is -2.32. The average Bonchev–Trinajstić information content (AvgIpc) is 2.02. The van der Waals surface area contributed by atoms with Gasteiger partial charge in [-0.3, -0.25) is 0 Å². The van der Waals surface area contributed by atoms with Crippen LogP contribution in [0.4, 0.5) is 0 Å². The van der Waals surface area contributed by atoms with Crippen LogP contribution in [0.2, 0.25) is 0 Å². The van der Waals surface area contributed by atoms with Crippen LogP contribution in [0.5, 0.6) is 0 Å². The zero-order valence-corrected chi connectivity index (χ0v) is 8.21. The number of likely N-dealkylation sites (tertiary alicyclic amines) is 1. The van der Waals surface area contributed by atoms with Gasteiger partial charge in [-0.25, -0.2) is 4.99 Å². The Hall–Kier alpha value is -0.730. The third-order valence-corrected chi connectivity index (χ3v) is 3.07. The molecule has 1 aliphatic carbocycles. The van der Waals surface area contributed by atoms with E-state index in [0.717, 1.165) is 19.0 Å². The molecular formula is C10H19N3. The van der Waals surface area contributed by atoms with Crippen LogP contribution in [-0.4, -0.2) is 30.0 Å². The predicted octanol–water partition coefficient (Wildman–Crippen LogP) is 1.34. The Morgan fingerprint density at radius 2 is 1.77 bits per heavy atom. The first kappa shape index (κ1) is 8.85. The largest absolute Gasteiger partial charge is 0.370 e. The Bertz CT molecular complexity index is 190. The van der Waals surface area contributed by atoms with Gasteiger partial charge in [-0.05, 0) is 19.3 Å². The van der Waals surface area contributed by atoms with E-state index in [1.54, 1.807) is 0 Å². The van der Waals surface area contributed by atoms with E-state index in [-0.39, 0.29) is 0 Å². The van der Waals surface area contributed by atoms with Gasteiger partial charge in [0.25, 0.3) is 0 Å². The molecule has 0 amide bonds. The van der Waals surface area contributed by atoms with Gasteiger partial charge < -0.3 is 10.6 Å². The smallest absolute Gasteiger partial charge is 0.191 e. The summed E-state index contributed by atoms with van der Waals surface area (Å²) in [7, 11) is 0. The van der Waals surface area contributed by atoms with Gasteiger partial charge in [-0.2, -0.15) is 0 Å². The lowest BCUT2D eigenvalue weighted by molar-refractivity contribution is 0.292. The summed E-state index contributed by atoms with van der Waals surface area (Å²) in [6.45, 7) is 2.23. The number of aliphatic imine (C=N–C) groups is 1. The molecule has 3 heteroatoms. The van der Waals surface area contributed by atoms with Crippen molar-refractivity contribution in [2.24, 2.45) is 10.7 Å². The molecule has 2 N–H and O–H groups in total. The van der Waals surface area contributed by atoms with Crippen LogP contribution in [0, 0.1) is 0 Å². The van der Waals surface area contributed by atoms with E-state index in [4.69, 9.17) is 5.73 Å². The molecule has 0 bridgehead atoms. The van der Waals surface area contributed by atoms with Crippen molar-refractivity contribution in [1.82, 2.24) is 4.90 Å². The molecule has 0 aromatic carbocycles. The van der Waals surface area contributed by atoms with Crippen molar-refractivity contribution < 1.29 is 0 Å². The third kappa shape index (κ3) is 2.14. The Morgan fingerprint density at radius 1 is 1.08 bits per heavy atom. The second kappa shape index (κ2) is 3.99. The maximum Gasteiger partial charge on any atom is 0.191 e. The Morgan fingerprint density at radius 3 is 2.31 bits per heavy atom. The van der Waals surface area contributed by atoms with Gasteiger partial charge in [-0.15, -0.1) is 0 Å². The summed E-state index contributed by atoms with van der Waals surface area (Å²) in [5.74, 6) is 0.790. The highest BCUT2D eigenvalue weighted by molar-refractivity contribution is 5.78. The Labute approximate surface area is 80.0 Å². The topological polar surface area (TPSA) is 41.6 Å². The summed E-state index contributed by atoms with van der Waals surface area (Å²) < 4.78 is 0. The zero-order valence-electron chi connectivity index (χ0n) is 8.21. The van der Waals surface area contributed by atoms with E-state index < -0.39 is 0 Å². The molecule has 2 fully saturated rings. The van der Waals surface area contributed by atoms with Crippen molar-refractivity contribution in [2.75, 3.05) is 13.1 Å². The third-order valence-electron chi connectivity index (χ3n) is 3.07. The minimum Gasteiger partial charge on any atom is -0.370 e. The maximum absolute atomic E-state index is 5.89. The van der Waals surface area contributed by atoms with Gasteiger partial charge in [0, 0.05) is 13.1 Å². The first-order valence-corrected chi connectivity index (χ1v) is 5.44. The summed E-state index contributed by atoms with van der Waals surface area (Å²) in [5, 5.41) is 0. The number of hydrogen-bond acceptors (Lipinski definition) is 1. The highest BCUT2D eigenvalue weighted by Crippen LogP contribution is 2.20. The van der Waals surface area contributed by atoms with Gasteiger partial charge in [0.1, 0.15) is 0 Å². The van der Waals surface area contributed by atoms with Crippen LogP contribution in [0.25, 0.3) is 0 Å². The van der Waals surface area contributed by atoms with Crippen LogP contribution in [0.1, 0.15) is 38.5 Å². The second-order valence-corrected chi connectivity index (χ2v) is 4.12. The Balaban J connectivity index is 1.85. The van der Waals surface area contributed by atoms with Gasteiger partial charge in [-0.1, -0.05) is 19.3 Å². The first-order valence-electron chi connectivity index (χ1n) is 5.44. The standard InChI is InChI=1S/C10H19N3/c11-10(13-7-4-8-13)12-9-5-2-1-3-6-9/h9H,1-8H2,(H2,11,12). The highest BCUT2D eigenvalue weighted by Gasteiger charge is 2.18. The molecule has 0 aromatic rings. The minimum atomic E-state index is 0.523. The molecule has 0 radical (unpaired) electrons. The fourth-order valence-corrected chi connectivity index (χ4v) is 2.02. The van der Waals surface area contributed by atoms with Crippen molar-refractivity contribution in [3.05, 3.63) is 0 Å². The number of hydrogen-bond donors (Lipinski definition) is 1. The average molecular weight is 181 g/mol. The molecule has 3 nitrogen and oxygen atoms in total.